The first-order valence-corrected chi connectivity index (χ1v) is 6.39. The van der Waals surface area contributed by atoms with Gasteiger partial charge in [-0.1, -0.05) is 43.7 Å². The Morgan fingerprint density at radius 3 is 2.38 bits per heavy atom. The second-order valence-electron chi connectivity index (χ2n) is 4.69. The third kappa shape index (κ3) is 3.32. The molecule has 1 heterocycles. The third-order valence-corrected chi connectivity index (χ3v) is 3.27. The zero-order valence-electron chi connectivity index (χ0n) is 10.1. The summed E-state index contributed by atoms with van der Waals surface area (Å²) in [6, 6.07) is 12.0. The highest BCUT2D eigenvalue weighted by atomic mass is 15.1. The summed E-state index contributed by atoms with van der Waals surface area (Å²) in [5.74, 6) is 0. The van der Waals surface area contributed by atoms with Crippen molar-refractivity contribution in [3.05, 3.63) is 35.9 Å². The second kappa shape index (κ2) is 6.02. The molecule has 1 fully saturated rings. The van der Waals surface area contributed by atoms with Gasteiger partial charge in [0.1, 0.15) is 0 Å². The predicted octanol–water partition coefficient (Wildman–Crippen LogP) is 1.96. The van der Waals surface area contributed by atoms with Crippen LogP contribution in [0.25, 0.3) is 0 Å². The molecule has 2 heteroatoms. The topological polar surface area (TPSA) is 24.1 Å². The fraction of sp³-hybridized carbons (Fsp3) is 0.571. The first-order valence-electron chi connectivity index (χ1n) is 6.39. The van der Waals surface area contributed by atoms with Gasteiger partial charge in [-0.05, 0) is 18.4 Å². The molecule has 2 rings (SSSR count). The maximum absolute atomic E-state index is 3.64. The Morgan fingerprint density at radius 1 is 1.06 bits per heavy atom. The lowest BCUT2D eigenvalue weighted by Gasteiger charge is -2.31. The summed E-state index contributed by atoms with van der Waals surface area (Å²) in [5.41, 5.74) is 1.43. The lowest BCUT2D eigenvalue weighted by atomic mass is 10.0. The van der Waals surface area contributed by atoms with Crippen LogP contribution < -0.4 is 10.6 Å². The molecule has 1 aromatic rings. The zero-order valence-corrected chi connectivity index (χ0v) is 10.1. The van der Waals surface area contributed by atoms with E-state index in [4.69, 9.17) is 0 Å². The molecule has 0 bridgehead atoms. The molecule has 1 aromatic carbocycles. The molecule has 16 heavy (non-hydrogen) atoms. The van der Waals surface area contributed by atoms with Gasteiger partial charge >= 0.3 is 0 Å². The van der Waals surface area contributed by atoms with Crippen LogP contribution in [0, 0.1) is 0 Å². The van der Waals surface area contributed by atoms with Gasteiger partial charge in [0, 0.05) is 25.2 Å². The maximum Gasteiger partial charge on any atom is 0.0233 e. The van der Waals surface area contributed by atoms with Crippen molar-refractivity contribution in [1.82, 2.24) is 10.6 Å². The molecule has 0 spiro atoms. The Morgan fingerprint density at radius 2 is 1.75 bits per heavy atom. The van der Waals surface area contributed by atoms with Gasteiger partial charge in [0.25, 0.3) is 0 Å². The van der Waals surface area contributed by atoms with Gasteiger partial charge in [-0.3, -0.25) is 0 Å². The Balaban J connectivity index is 1.77. The zero-order chi connectivity index (χ0) is 11.2. The summed E-state index contributed by atoms with van der Waals surface area (Å²) in [7, 11) is 0. The number of hydrogen-bond acceptors (Lipinski definition) is 2. The van der Waals surface area contributed by atoms with Gasteiger partial charge in [-0.2, -0.15) is 0 Å². The van der Waals surface area contributed by atoms with Gasteiger partial charge in [0.05, 0.1) is 0 Å². The summed E-state index contributed by atoms with van der Waals surface area (Å²) in [5, 5.41) is 7.27. The molecule has 2 nitrogen and oxygen atoms in total. The molecule has 0 aliphatic carbocycles. The highest BCUT2D eigenvalue weighted by Gasteiger charge is 2.18. The van der Waals surface area contributed by atoms with Crippen molar-refractivity contribution in [2.24, 2.45) is 0 Å². The van der Waals surface area contributed by atoms with E-state index in [2.05, 4.69) is 47.9 Å². The number of hydrogen-bond donors (Lipinski definition) is 2. The van der Waals surface area contributed by atoms with Crippen molar-refractivity contribution in [3.63, 3.8) is 0 Å². The SMILES string of the molecule is CCCC1CNC(Cc2ccccc2)CN1. The van der Waals surface area contributed by atoms with E-state index in [0.717, 1.165) is 19.5 Å². The molecule has 0 amide bonds. The monoisotopic (exact) mass is 218 g/mol. The van der Waals surface area contributed by atoms with Crippen LogP contribution in [0.4, 0.5) is 0 Å². The number of benzene rings is 1. The molecule has 2 atom stereocenters. The highest BCUT2D eigenvalue weighted by molar-refractivity contribution is 5.16. The first kappa shape index (κ1) is 11.6. The van der Waals surface area contributed by atoms with E-state index in [9.17, 15) is 0 Å². The normalized spacial score (nSPS) is 25.6. The van der Waals surface area contributed by atoms with Gasteiger partial charge < -0.3 is 10.6 Å². The van der Waals surface area contributed by atoms with E-state index in [0.29, 0.717) is 12.1 Å². The van der Waals surface area contributed by atoms with E-state index >= 15 is 0 Å². The number of nitrogens with one attached hydrogen (secondary N) is 2. The van der Waals surface area contributed by atoms with Gasteiger partial charge in [-0.25, -0.2) is 0 Å². The van der Waals surface area contributed by atoms with Crippen molar-refractivity contribution in [3.8, 4) is 0 Å². The van der Waals surface area contributed by atoms with Gasteiger partial charge in [0.2, 0.25) is 0 Å². The Bertz CT molecular complexity index is 289. The van der Waals surface area contributed by atoms with Crippen LogP contribution in [0.5, 0.6) is 0 Å². The summed E-state index contributed by atoms with van der Waals surface area (Å²) >= 11 is 0. The van der Waals surface area contributed by atoms with Crippen molar-refractivity contribution in [2.45, 2.75) is 38.3 Å². The van der Waals surface area contributed by atoms with Crippen LogP contribution in [0.15, 0.2) is 30.3 Å². The minimum Gasteiger partial charge on any atom is -0.311 e. The van der Waals surface area contributed by atoms with Crippen LogP contribution in [-0.2, 0) is 6.42 Å². The molecule has 0 radical (unpaired) electrons. The Labute approximate surface area is 98.4 Å². The predicted molar refractivity (Wildman–Crippen MR) is 68.6 cm³/mol. The van der Waals surface area contributed by atoms with Crippen LogP contribution in [0.2, 0.25) is 0 Å². The van der Waals surface area contributed by atoms with Crippen molar-refractivity contribution in [1.29, 1.82) is 0 Å². The molecule has 88 valence electrons. The fourth-order valence-electron chi connectivity index (χ4n) is 2.36. The first-order chi connectivity index (χ1) is 7.88. The summed E-state index contributed by atoms with van der Waals surface area (Å²) in [6.07, 6.45) is 3.68. The average Bonchev–Trinajstić information content (AvgIpc) is 2.33. The largest absolute Gasteiger partial charge is 0.311 e. The van der Waals surface area contributed by atoms with Crippen molar-refractivity contribution >= 4 is 0 Å². The molecule has 1 aliphatic rings. The van der Waals surface area contributed by atoms with Crippen molar-refractivity contribution in [2.75, 3.05) is 13.1 Å². The van der Waals surface area contributed by atoms with E-state index in [1.807, 2.05) is 0 Å². The minimum absolute atomic E-state index is 0.593. The highest BCUT2D eigenvalue weighted by Crippen LogP contribution is 2.06. The van der Waals surface area contributed by atoms with Gasteiger partial charge in [0.15, 0.2) is 0 Å². The van der Waals surface area contributed by atoms with Crippen LogP contribution in [0.1, 0.15) is 25.3 Å². The van der Waals surface area contributed by atoms with E-state index in [-0.39, 0.29) is 0 Å². The molecule has 1 saturated heterocycles. The lowest BCUT2D eigenvalue weighted by Crippen LogP contribution is -2.54. The number of rotatable bonds is 4. The standard InChI is InChI=1S/C14H22N2/c1-2-6-13-10-16-14(11-15-13)9-12-7-4-3-5-8-12/h3-5,7-8,13-16H,2,6,9-11H2,1H3. The molecular weight excluding hydrogens is 196 g/mol. The smallest absolute Gasteiger partial charge is 0.0233 e. The summed E-state index contributed by atoms with van der Waals surface area (Å²) in [6.45, 7) is 4.46. The van der Waals surface area contributed by atoms with E-state index in [1.165, 1.54) is 18.4 Å². The van der Waals surface area contributed by atoms with E-state index in [1.54, 1.807) is 0 Å². The quantitative estimate of drug-likeness (QED) is 0.807. The molecule has 2 N–H and O–H groups in total. The molecule has 1 aliphatic heterocycles. The summed E-state index contributed by atoms with van der Waals surface area (Å²) in [4.78, 5) is 0. The Hall–Kier alpha value is -0.860. The summed E-state index contributed by atoms with van der Waals surface area (Å²) < 4.78 is 0. The molecule has 0 aromatic heterocycles. The molecule has 0 saturated carbocycles. The average molecular weight is 218 g/mol. The second-order valence-corrected chi connectivity index (χ2v) is 4.69. The Kier molecular flexibility index (Phi) is 4.37. The molecular formula is C14H22N2. The van der Waals surface area contributed by atoms with Crippen LogP contribution >= 0.6 is 0 Å². The maximum atomic E-state index is 3.64. The van der Waals surface area contributed by atoms with Crippen LogP contribution in [0.3, 0.4) is 0 Å². The van der Waals surface area contributed by atoms with E-state index < -0.39 is 0 Å². The molecule has 2 unspecified atom stereocenters. The minimum atomic E-state index is 0.593. The van der Waals surface area contributed by atoms with Crippen molar-refractivity contribution < 1.29 is 0 Å². The number of piperazine rings is 1. The van der Waals surface area contributed by atoms with Gasteiger partial charge in [-0.15, -0.1) is 0 Å². The fourth-order valence-corrected chi connectivity index (χ4v) is 2.36. The lowest BCUT2D eigenvalue weighted by molar-refractivity contribution is 0.330. The van der Waals surface area contributed by atoms with Crippen LogP contribution in [-0.4, -0.2) is 25.2 Å². The third-order valence-electron chi connectivity index (χ3n) is 3.27.